The topological polar surface area (TPSA) is 84.9 Å². The molecule has 0 unspecified atom stereocenters. The van der Waals surface area contributed by atoms with E-state index >= 15 is 0 Å². The van der Waals surface area contributed by atoms with Crippen LogP contribution in [-0.2, 0) is 9.59 Å². The van der Waals surface area contributed by atoms with Crippen molar-refractivity contribution in [1.29, 1.82) is 0 Å². The minimum atomic E-state index is -1.06. The highest BCUT2D eigenvalue weighted by molar-refractivity contribution is 5.94. The van der Waals surface area contributed by atoms with Crippen molar-refractivity contribution in [2.45, 2.75) is 19.9 Å². The van der Waals surface area contributed by atoms with Crippen LogP contribution < -0.4 is 14.8 Å². The molecule has 6 heteroatoms. The highest BCUT2D eigenvalue weighted by atomic mass is 16.5. The molecule has 1 aromatic carbocycles. The number of rotatable bonds is 7. The fourth-order valence-electron chi connectivity index (χ4n) is 1.92. The summed E-state index contributed by atoms with van der Waals surface area (Å²) in [6.45, 7) is 3.46. The van der Waals surface area contributed by atoms with E-state index in [1.165, 1.54) is 20.3 Å². The van der Waals surface area contributed by atoms with Crippen molar-refractivity contribution in [1.82, 2.24) is 5.32 Å². The Morgan fingerprint density at radius 2 is 1.91 bits per heavy atom. The third kappa shape index (κ3) is 4.51. The van der Waals surface area contributed by atoms with E-state index in [9.17, 15) is 9.59 Å². The van der Waals surface area contributed by atoms with Gasteiger partial charge >= 0.3 is 5.97 Å². The quantitative estimate of drug-likeness (QED) is 0.752. The number of hydrogen-bond donors (Lipinski definition) is 2. The van der Waals surface area contributed by atoms with Gasteiger partial charge in [-0.1, -0.05) is 26.0 Å². The Balaban J connectivity index is 2.88. The number of benzene rings is 1. The summed E-state index contributed by atoms with van der Waals surface area (Å²) in [6, 6.07) is 4.36. The Kier molecular flexibility index (Phi) is 6.44. The van der Waals surface area contributed by atoms with E-state index < -0.39 is 17.9 Å². The van der Waals surface area contributed by atoms with Gasteiger partial charge in [-0.25, -0.2) is 4.79 Å². The third-order valence-electron chi connectivity index (χ3n) is 3.08. The lowest BCUT2D eigenvalue weighted by atomic mass is 10.0. The molecule has 0 saturated heterocycles. The molecule has 2 N–H and O–H groups in total. The first-order valence-electron chi connectivity index (χ1n) is 6.83. The zero-order valence-electron chi connectivity index (χ0n) is 13.1. The molecule has 0 spiro atoms. The van der Waals surface area contributed by atoms with Crippen molar-refractivity contribution in [2.24, 2.45) is 5.92 Å². The van der Waals surface area contributed by atoms with Crippen LogP contribution in [0.2, 0.25) is 0 Å². The van der Waals surface area contributed by atoms with Crippen LogP contribution in [0.4, 0.5) is 0 Å². The van der Waals surface area contributed by atoms with Gasteiger partial charge in [-0.05, 0) is 18.1 Å². The van der Waals surface area contributed by atoms with Crippen LogP contribution in [0.25, 0.3) is 6.08 Å². The van der Waals surface area contributed by atoms with Crippen molar-refractivity contribution in [2.75, 3.05) is 14.2 Å². The first-order valence-corrected chi connectivity index (χ1v) is 6.83. The largest absolute Gasteiger partial charge is 0.493 e. The molecular formula is C16H21NO5. The second kappa shape index (κ2) is 8.07. The average Bonchev–Trinajstić information content (AvgIpc) is 2.49. The number of nitrogens with one attached hydrogen (secondary N) is 1. The number of carboxylic acid groups (broad SMARTS) is 1. The van der Waals surface area contributed by atoms with Gasteiger partial charge in [0.2, 0.25) is 5.91 Å². The molecule has 1 atom stereocenters. The van der Waals surface area contributed by atoms with E-state index in [1.54, 1.807) is 38.1 Å². The number of ether oxygens (including phenoxy) is 2. The highest BCUT2D eigenvalue weighted by Gasteiger charge is 2.22. The first-order chi connectivity index (χ1) is 10.4. The molecule has 0 aromatic heterocycles. The highest BCUT2D eigenvalue weighted by Crippen LogP contribution is 2.31. The maximum Gasteiger partial charge on any atom is 0.326 e. The van der Waals surface area contributed by atoms with Crippen LogP contribution in [0.3, 0.4) is 0 Å². The molecule has 1 aromatic rings. The van der Waals surface area contributed by atoms with Gasteiger partial charge in [0.15, 0.2) is 11.5 Å². The van der Waals surface area contributed by atoms with Crippen molar-refractivity contribution in [3.8, 4) is 11.5 Å². The van der Waals surface area contributed by atoms with Gasteiger partial charge in [0.1, 0.15) is 6.04 Å². The normalized spacial score (nSPS) is 12.2. The second-order valence-electron chi connectivity index (χ2n) is 4.98. The molecule has 0 saturated carbocycles. The summed E-state index contributed by atoms with van der Waals surface area (Å²) in [6.07, 6.45) is 2.82. The molecule has 0 bridgehead atoms. The monoisotopic (exact) mass is 307 g/mol. The number of amides is 1. The molecule has 0 fully saturated rings. The van der Waals surface area contributed by atoms with Crippen molar-refractivity contribution >= 4 is 18.0 Å². The minimum absolute atomic E-state index is 0.207. The van der Waals surface area contributed by atoms with E-state index in [2.05, 4.69) is 5.32 Å². The molecule has 22 heavy (non-hydrogen) atoms. The van der Waals surface area contributed by atoms with Crippen molar-refractivity contribution in [3.63, 3.8) is 0 Å². The summed E-state index contributed by atoms with van der Waals surface area (Å²) < 4.78 is 10.4. The van der Waals surface area contributed by atoms with Crippen LogP contribution in [-0.4, -0.2) is 37.2 Å². The third-order valence-corrected chi connectivity index (χ3v) is 3.08. The van der Waals surface area contributed by atoms with E-state index in [0.717, 1.165) is 0 Å². The maximum absolute atomic E-state index is 11.9. The molecule has 1 amide bonds. The molecule has 0 aliphatic carbocycles. The van der Waals surface area contributed by atoms with Crippen LogP contribution in [0.15, 0.2) is 24.3 Å². The minimum Gasteiger partial charge on any atom is -0.493 e. The Morgan fingerprint density at radius 3 is 2.41 bits per heavy atom. The maximum atomic E-state index is 11.9. The summed E-state index contributed by atoms with van der Waals surface area (Å²) in [5.41, 5.74) is 0.661. The predicted molar refractivity (Wildman–Crippen MR) is 83.0 cm³/mol. The summed E-state index contributed by atoms with van der Waals surface area (Å²) in [5.74, 6) is -0.689. The summed E-state index contributed by atoms with van der Waals surface area (Å²) in [5, 5.41) is 11.5. The van der Waals surface area contributed by atoms with Gasteiger partial charge in [-0.3, -0.25) is 4.79 Å². The number of aliphatic carboxylic acids is 1. The van der Waals surface area contributed by atoms with E-state index in [4.69, 9.17) is 14.6 Å². The Bertz CT molecular complexity index is 566. The summed E-state index contributed by atoms with van der Waals surface area (Å²) in [7, 11) is 3.03. The van der Waals surface area contributed by atoms with Gasteiger partial charge in [0.05, 0.1) is 14.2 Å². The summed E-state index contributed by atoms with van der Waals surface area (Å²) in [4.78, 5) is 22.9. The standard InChI is InChI=1S/C16H21NO5/c1-10(2)14(16(19)20)17-13(18)9-8-11-6-5-7-12(21-3)15(11)22-4/h5-10,14H,1-4H3,(H,17,18)(H,19,20)/b9-8+/t14-/m0/s1. The molecule has 0 radical (unpaired) electrons. The zero-order valence-corrected chi connectivity index (χ0v) is 13.1. The first kappa shape index (κ1) is 17.6. The number of methoxy groups -OCH3 is 2. The van der Waals surface area contributed by atoms with Crippen LogP contribution in [0.1, 0.15) is 19.4 Å². The van der Waals surface area contributed by atoms with Gasteiger partial charge < -0.3 is 19.9 Å². The lowest BCUT2D eigenvalue weighted by Crippen LogP contribution is -2.43. The van der Waals surface area contributed by atoms with Crippen LogP contribution >= 0.6 is 0 Å². The van der Waals surface area contributed by atoms with E-state index in [1.807, 2.05) is 0 Å². The number of hydrogen-bond acceptors (Lipinski definition) is 4. The SMILES string of the molecule is COc1cccc(/C=C/C(=O)N[C@H](C(=O)O)C(C)C)c1OC. The van der Waals surface area contributed by atoms with Crippen molar-refractivity contribution < 1.29 is 24.2 Å². The second-order valence-corrected chi connectivity index (χ2v) is 4.98. The number of carbonyl (C=O) groups is 2. The number of carboxylic acids is 1. The van der Waals surface area contributed by atoms with Crippen molar-refractivity contribution in [3.05, 3.63) is 29.8 Å². The average molecular weight is 307 g/mol. The Labute approximate surface area is 129 Å². The van der Waals surface area contributed by atoms with Gasteiger partial charge in [0.25, 0.3) is 0 Å². The molecule has 0 aliphatic heterocycles. The Morgan fingerprint density at radius 1 is 1.23 bits per heavy atom. The Hall–Kier alpha value is -2.50. The van der Waals surface area contributed by atoms with Crippen LogP contribution in [0.5, 0.6) is 11.5 Å². The fourth-order valence-corrected chi connectivity index (χ4v) is 1.92. The smallest absolute Gasteiger partial charge is 0.326 e. The van der Waals surface area contributed by atoms with Gasteiger partial charge in [-0.2, -0.15) is 0 Å². The zero-order chi connectivity index (χ0) is 16.7. The van der Waals surface area contributed by atoms with Gasteiger partial charge in [-0.15, -0.1) is 0 Å². The predicted octanol–water partition coefficient (Wildman–Crippen LogP) is 1.94. The lowest BCUT2D eigenvalue weighted by Gasteiger charge is -2.16. The molecule has 0 heterocycles. The number of carbonyl (C=O) groups excluding carboxylic acids is 1. The van der Waals surface area contributed by atoms with Crippen LogP contribution in [0, 0.1) is 5.92 Å². The molecule has 6 nitrogen and oxygen atoms in total. The summed E-state index contributed by atoms with van der Waals surface area (Å²) >= 11 is 0. The van der Waals surface area contributed by atoms with E-state index in [-0.39, 0.29) is 5.92 Å². The number of para-hydroxylation sites is 1. The van der Waals surface area contributed by atoms with Gasteiger partial charge in [0, 0.05) is 11.6 Å². The lowest BCUT2D eigenvalue weighted by molar-refractivity contribution is -0.142. The molecular weight excluding hydrogens is 286 g/mol. The molecule has 0 aliphatic rings. The molecule has 1 rings (SSSR count). The molecule has 120 valence electrons. The fraction of sp³-hybridized carbons (Fsp3) is 0.375. The van der Waals surface area contributed by atoms with E-state index in [0.29, 0.717) is 17.1 Å².